The molecule has 0 spiro atoms. The number of amides is 4. The van der Waals surface area contributed by atoms with Crippen molar-refractivity contribution >= 4 is 23.6 Å². The lowest BCUT2D eigenvalue weighted by atomic mass is 9.40. The van der Waals surface area contributed by atoms with Gasteiger partial charge in [0.15, 0.2) is 0 Å². The summed E-state index contributed by atoms with van der Waals surface area (Å²) in [5.74, 6) is -2.21. The monoisotopic (exact) mass is 272 g/mol. The predicted molar refractivity (Wildman–Crippen MR) is 63.4 cm³/mol. The zero-order valence-corrected chi connectivity index (χ0v) is 10.4. The summed E-state index contributed by atoms with van der Waals surface area (Å²) in [4.78, 5) is 47.8. The molecule has 20 heavy (non-hydrogen) atoms. The second-order valence-electron chi connectivity index (χ2n) is 6.50. The van der Waals surface area contributed by atoms with Gasteiger partial charge in [0.1, 0.15) is 0 Å². The number of hydrogen-bond acceptors (Lipinski definition) is 4. The highest BCUT2D eigenvalue weighted by molar-refractivity contribution is 6.09. The van der Waals surface area contributed by atoms with Crippen molar-refractivity contribution < 1.29 is 19.2 Å². The Labute approximate surface area is 114 Å². The van der Waals surface area contributed by atoms with Crippen LogP contribution in [0.5, 0.6) is 0 Å². The lowest BCUT2D eigenvalue weighted by molar-refractivity contribution is -0.166. The molecule has 2 aliphatic heterocycles. The Hall–Kier alpha value is -1.98. The molecular formula is C14H12N2O4. The predicted octanol–water partition coefficient (Wildman–Crippen LogP) is -1.17. The van der Waals surface area contributed by atoms with E-state index in [9.17, 15) is 19.2 Å². The smallest absolute Gasteiger partial charge is 0.231 e. The lowest BCUT2D eigenvalue weighted by Crippen LogP contribution is -2.63. The van der Waals surface area contributed by atoms with Gasteiger partial charge in [-0.05, 0) is 23.7 Å². The van der Waals surface area contributed by atoms with Gasteiger partial charge in [0, 0.05) is 0 Å². The number of allylic oxidation sites excluding steroid dienone is 2. The van der Waals surface area contributed by atoms with Crippen molar-refractivity contribution in [3.8, 4) is 0 Å². The van der Waals surface area contributed by atoms with Gasteiger partial charge in [-0.1, -0.05) is 12.2 Å². The van der Waals surface area contributed by atoms with Crippen LogP contribution in [0.1, 0.15) is 0 Å². The van der Waals surface area contributed by atoms with Gasteiger partial charge in [0.2, 0.25) is 23.6 Å². The number of rotatable bonds is 0. The maximum absolute atomic E-state index is 12.0. The van der Waals surface area contributed by atoms with Crippen LogP contribution in [0.15, 0.2) is 12.2 Å². The molecule has 0 unspecified atom stereocenters. The van der Waals surface area contributed by atoms with Crippen molar-refractivity contribution in [2.24, 2.45) is 47.3 Å². The third kappa shape index (κ3) is 0.910. The van der Waals surface area contributed by atoms with Gasteiger partial charge in [-0.2, -0.15) is 0 Å². The molecule has 2 saturated heterocycles. The van der Waals surface area contributed by atoms with E-state index < -0.39 is 0 Å². The van der Waals surface area contributed by atoms with Crippen molar-refractivity contribution in [2.45, 2.75) is 0 Å². The first-order valence-corrected chi connectivity index (χ1v) is 6.97. The van der Waals surface area contributed by atoms with Crippen LogP contribution in [-0.2, 0) is 19.2 Å². The highest BCUT2D eigenvalue weighted by Gasteiger charge is 2.72. The first-order valence-electron chi connectivity index (χ1n) is 6.97. The number of carbonyl (C=O) groups excluding carboxylic acids is 4. The number of fused-ring (bicyclic) bond motifs is 1. The number of hydrogen-bond donors (Lipinski definition) is 2. The zero-order valence-electron chi connectivity index (χ0n) is 10.4. The Morgan fingerprint density at radius 1 is 0.600 bits per heavy atom. The van der Waals surface area contributed by atoms with E-state index >= 15 is 0 Å². The summed E-state index contributed by atoms with van der Waals surface area (Å²) in [5, 5.41) is 4.81. The Kier molecular flexibility index (Phi) is 1.63. The molecular weight excluding hydrogens is 260 g/mol. The summed E-state index contributed by atoms with van der Waals surface area (Å²) in [5.41, 5.74) is 0. The van der Waals surface area contributed by atoms with Crippen LogP contribution in [-0.4, -0.2) is 23.6 Å². The van der Waals surface area contributed by atoms with Crippen molar-refractivity contribution in [1.29, 1.82) is 0 Å². The molecule has 6 aliphatic rings. The summed E-state index contributed by atoms with van der Waals surface area (Å²) in [6.07, 6.45) is 3.97. The Morgan fingerprint density at radius 2 is 0.950 bits per heavy atom. The number of carbonyl (C=O) groups is 4. The van der Waals surface area contributed by atoms with Crippen LogP contribution in [0.3, 0.4) is 0 Å². The van der Waals surface area contributed by atoms with Crippen molar-refractivity contribution in [2.75, 3.05) is 0 Å². The molecule has 2 N–H and O–H groups in total. The third-order valence-corrected chi connectivity index (χ3v) is 6.03. The Bertz CT molecular complexity index is 587. The highest BCUT2D eigenvalue weighted by Crippen LogP contribution is 2.66. The van der Waals surface area contributed by atoms with Gasteiger partial charge in [-0.25, -0.2) is 0 Å². The zero-order chi connectivity index (χ0) is 13.8. The average molecular weight is 272 g/mol. The molecule has 4 aliphatic carbocycles. The minimum absolute atomic E-state index is 0.0411. The Morgan fingerprint density at radius 3 is 1.35 bits per heavy atom. The number of imide groups is 2. The van der Waals surface area contributed by atoms with Crippen LogP contribution in [0.25, 0.3) is 0 Å². The second-order valence-corrected chi connectivity index (χ2v) is 6.50. The highest BCUT2D eigenvalue weighted by atomic mass is 16.2. The van der Waals surface area contributed by atoms with Crippen LogP contribution in [0.2, 0.25) is 0 Å². The van der Waals surface area contributed by atoms with Crippen molar-refractivity contribution in [3.63, 3.8) is 0 Å². The van der Waals surface area contributed by atoms with E-state index in [-0.39, 0.29) is 71.0 Å². The molecule has 0 aromatic heterocycles. The topological polar surface area (TPSA) is 92.3 Å². The minimum atomic E-state index is -0.344. The molecule has 102 valence electrons. The second kappa shape index (κ2) is 3.02. The van der Waals surface area contributed by atoms with Gasteiger partial charge in [-0.3, -0.25) is 29.8 Å². The molecule has 0 aromatic carbocycles. The largest absolute Gasteiger partial charge is 0.296 e. The summed E-state index contributed by atoms with van der Waals surface area (Å²) in [7, 11) is 0. The standard InChI is InChI=1S/C14H12N2O4/c17-11-7-3-1-2-4(8(7)12(18)15-11)6-5(3)9-10(6)14(20)16-13(9)19/h1-10H,(H,15,17,18)(H,16,19,20)/t3-,4+,5-,6+,7-,8-,9-,10-/m1/s1. The van der Waals surface area contributed by atoms with Gasteiger partial charge in [0.05, 0.1) is 23.7 Å². The summed E-state index contributed by atoms with van der Waals surface area (Å²) in [6, 6.07) is 0. The fourth-order valence-corrected chi connectivity index (χ4v) is 5.44. The van der Waals surface area contributed by atoms with Gasteiger partial charge < -0.3 is 0 Å². The third-order valence-electron chi connectivity index (χ3n) is 6.03. The van der Waals surface area contributed by atoms with Crippen LogP contribution >= 0.6 is 0 Å². The van der Waals surface area contributed by atoms with E-state index in [1.165, 1.54) is 0 Å². The normalized spacial score (nSPS) is 54.0. The summed E-state index contributed by atoms with van der Waals surface area (Å²) < 4.78 is 0. The van der Waals surface area contributed by atoms with Crippen molar-refractivity contribution in [1.82, 2.24) is 10.6 Å². The van der Waals surface area contributed by atoms with Crippen LogP contribution < -0.4 is 10.6 Å². The van der Waals surface area contributed by atoms with Gasteiger partial charge >= 0.3 is 0 Å². The van der Waals surface area contributed by atoms with Crippen molar-refractivity contribution in [3.05, 3.63) is 12.2 Å². The molecule has 4 fully saturated rings. The molecule has 6 heteroatoms. The SMILES string of the molecule is O=C1NC(=O)[C@@H]2[C@@H]3C=C[C@H]([C@@H]12)[C@@H]1[C@H]2C(=O)NC(=O)[C@@H]2[C@H]31. The van der Waals surface area contributed by atoms with Gasteiger partial charge in [0.25, 0.3) is 0 Å². The minimum Gasteiger partial charge on any atom is -0.296 e. The number of nitrogens with one attached hydrogen (secondary N) is 2. The Balaban J connectivity index is 1.63. The fraction of sp³-hybridized carbons (Fsp3) is 0.571. The molecule has 2 heterocycles. The maximum atomic E-state index is 12.0. The van der Waals surface area contributed by atoms with E-state index in [0.29, 0.717) is 0 Å². The summed E-state index contributed by atoms with van der Waals surface area (Å²) >= 11 is 0. The van der Waals surface area contributed by atoms with E-state index in [1.807, 2.05) is 12.2 Å². The summed E-state index contributed by atoms with van der Waals surface area (Å²) in [6.45, 7) is 0. The van der Waals surface area contributed by atoms with E-state index in [0.717, 1.165) is 0 Å². The first-order chi connectivity index (χ1) is 9.59. The van der Waals surface area contributed by atoms with Crippen LogP contribution in [0, 0.1) is 47.3 Å². The molecule has 6 rings (SSSR count). The molecule has 4 amide bonds. The van der Waals surface area contributed by atoms with E-state index in [4.69, 9.17) is 0 Å². The fourth-order valence-electron chi connectivity index (χ4n) is 5.44. The van der Waals surface area contributed by atoms with Crippen LogP contribution in [0.4, 0.5) is 0 Å². The maximum Gasteiger partial charge on any atom is 0.231 e. The molecule has 0 radical (unpaired) electrons. The van der Waals surface area contributed by atoms with Gasteiger partial charge in [-0.15, -0.1) is 0 Å². The molecule has 0 aromatic rings. The molecule has 2 saturated carbocycles. The molecule has 6 nitrogen and oxygen atoms in total. The first kappa shape index (κ1) is 10.8. The quantitative estimate of drug-likeness (QED) is 0.429. The lowest BCUT2D eigenvalue weighted by Gasteiger charge is -2.60. The average Bonchev–Trinajstić information content (AvgIpc) is 2.78. The molecule has 2 bridgehead atoms. The molecule has 8 atom stereocenters. The van der Waals surface area contributed by atoms with E-state index in [1.54, 1.807) is 0 Å². The van der Waals surface area contributed by atoms with E-state index in [2.05, 4.69) is 10.6 Å².